The Morgan fingerprint density at radius 3 is 2.69 bits per heavy atom. The Balaban J connectivity index is 1.39. The molecule has 1 amide bonds. The molecule has 2 heterocycles. The van der Waals surface area contributed by atoms with Gasteiger partial charge in [-0.3, -0.25) is 4.79 Å². The summed E-state index contributed by atoms with van der Waals surface area (Å²) in [5, 5.41) is 9.87. The van der Waals surface area contributed by atoms with Crippen LogP contribution < -0.4 is 9.47 Å². The van der Waals surface area contributed by atoms with Crippen molar-refractivity contribution in [2.24, 2.45) is 4.99 Å². The van der Waals surface area contributed by atoms with Crippen molar-refractivity contribution in [3.63, 3.8) is 0 Å². The van der Waals surface area contributed by atoms with E-state index < -0.39 is 0 Å². The number of hydrogen-bond acceptors (Lipinski definition) is 7. The monoisotopic (exact) mass is 450 g/mol. The molecule has 0 saturated carbocycles. The molecule has 2 aliphatic rings. The average molecular weight is 451 g/mol. The Kier molecular flexibility index (Phi) is 6.98. The van der Waals surface area contributed by atoms with Crippen LogP contribution in [0.5, 0.6) is 11.5 Å². The third-order valence-electron chi connectivity index (χ3n) is 5.67. The lowest BCUT2D eigenvalue weighted by Crippen LogP contribution is -2.46. The quantitative estimate of drug-likeness (QED) is 0.670. The van der Waals surface area contributed by atoms with Crippen molar-refractivity contribution < 1.29 is 14.3 Å². The van der Waals surface area contributed by atoms with E-state index in [2.05, 4.69) is 27.9 Å². The number of hydrogen-bond donors (Lipinski definition) is 0. The van der Waals surface area contributed by atoms with E-state index in [9.17, 15) is 10.1 Å². The highest BCUT2D eigenvalue weighted by atomic mass is 32.2. The molecule has 0 aliphatic carbocycles. The van der Waals surface area contributed by atoms with Gasteiger partial charge in [-0.1, -0.05) is 36.0 Å². The second kappa shape index (κ2) is 10.1. The van der Waals surface area contributed by atoms with E-state index in [1.807, 2.05) is 36.4 Å². The van der Waals surface area contributed by atoms with Crippen molar-refractivity contribution >= 4 is 22.8 Å². The van der Waals surface area contributed by atoms with Crippen molar-refractivity contribution in [1.29, 1.82) is 5.26 Å². The Labute approximate surface area is 192 Å². The lowest BCUT2D eigenvalue weighted by atomic mass is 10.1. The van der Waals surface area contributed by atoms with E-state index in [-0.39, 0.29) is 17.8 Å². The molecule has 0 spiro atoms. The molecular weight excluding hydrogens is 424 g/mol. The molecule has 2 aliphatic heterocycles. The van der Waals surface area contributed by atoms with Crippen LogP contribution in [0.1, 0.15) is 16.7 Å². The van der Waals surface area contributed by atoms with E-state index in [4.69, 9.17) is 9.47 Å². The predicted molar refractivity (Wildman–Crippen MR) is 125 cm³/mol. The Bertz CT molecular complexity index is 1060. The zero-order valence-electron chi connectivity index (χ0n) is 18.3. The zero-order valence-corrected chi connectivity index (χ0v) is 19.1. The first-order valence-corrected chi connectivity index (χ1v) is 11.5. The van der Waals surface area contributed by atoms with Crippen LogP contribution in [0.3, 0.4) is 0 Å². The van der Waals surface area contributed by atoms with E-state index in [1.54, 1.807) is 24.9 Å². The molecule has 1 saturated heterocycles. The summed E-state index contributed by atoms with van der Waals surface area (Å²) in [5.41, 5.74) is 2.41. The summed E-state index contributed by atoms with van der Waals surface area (Å²) in [7, 11) is 3.71. The predicted octanol–water partition coefficient (Wildman–Crippen LogP) is 2.93. The average Bonchev–Trinajstić information content (AvgIpc) is 3.18. The SMILES string of the molecule is COc1cc(CC2SC(N3CCN(C)CC3)=NC2=O)ccc1OCc1ccccc1C#N. The Hall–Kier alpha value is -3.02. The van der Waals surface area contributed by atoms with Gasteiger partial charge < -0.3 is 19.3 Å². The summed E-state index contributed by atoms with van der Waals surface area (Å²) in [4.78, 5) is 21.3. The fourth-order valence-corrected chi connectivity index (χ4v) is 4.88. The minimum Gasteiger partial charge on any atom is -0.493 e. The number of aliphatic imine (C=N–C) groups is 1. The smallest absolute Gasteiger partial charge is 0.262 e. The van der Waals surface area contributed by atoms with E-state index in [0.717, 1.165) is 42.5 Å². The number of likely N-dealkylation sites (N-methyl/N-ethyl adjacent to an activating group) is 1. The second-order valence-corrected chi connectivity index (χ2v) is 9.05. The minimum absolute atomic E-state index is 0.0728. The summed E-state index contributed by atoms with van der Waals surface area (Å²) < 4.78 is 11.5. The second-order valence-electron chi connectivity index (χ2n) is 7.88. The van der Waals surface area contributed by atoms with Gasteiger partial charge in [0.25, 0.3) is 5.91 Å². The maximum atomic E-state index is 12.5. The van der Waals surface area contributed by atoms with Crippen LogP contribution in [0.15, 0.2) is 47.5 Å². The molecule has 32 heavy (non-hydrogen) atoms. The van der Waals surface area contributed by atoms with Crippen molar-refractivity contribution in [2.45, 2.75) is 18.3 Å². The lowest BCUT2D eigenvalue weighted by molar-refractivity contribution is -0.117. The number of nitriles is 1. The minimum atomic E-state index is -0.219. The van der Waals surface area contributed by atoms with Crippen LogP contribution in [-0.4, -0.2) is 66.5 Å². The number of nitrogens with zero attached hydrogens (tertiary/aromatic N) is 4. The zero-order chi connectivity index (χ0) is 22.5. The maximum absolute atomic E-state index is 12.5. The number of amidine groups is 1. The Morgan fingerprint density at radius 2 is 1.94 bits per heavy atom. The first-order chi connectivity index (χ1) is 15.6. The number of carbonyl (C=O) groups excluding carboxylic acids is 1. The van der Waals surface area contributed by atoms with Crippen LogP contribution >= 0.6 is 11.8 Å². The highest BCUT2D eigenvalue weighted by Crippen LogP contribution is 2.33. The van der Waals surface area contributed by atoms with Gasteiger partial charge in [0.2, 0.25) is 0 Å². The molecule has 166 valence electrons. The van der Waals surface area contributed by atoms with Crippen LogP contribution in [0.25, 0.3) is 0 Å². The molecule has 1 unspecified atom stereocenters. The van der Waals surface area contributed by atoms with E-state index >= 15 is 0 Å². The highest BCUT2D eigenvalue weighted by Gasteiger charge is 2.32. The molecule has 1 atom stereocenters. The molecule has 7 nitrogen and oxygen atoms in total. The van der Waals surface area contributed by atoms with Crippen molar-refractivity contribution in [3.8, 4) is 17.6 Å². The van der Waals surface area contributed by atoms with Gasteiger partial charge in [-0.15, -0.1) is 0 Å². The van der Waals surface area contributed by atoms with Gasteiger partial charge in [-0.25, -0.2) is 0 Å². The fourth-order valence-electron chi connectivity index (χ4n) is 3.73. The van der Waals surface area contributed by atoms with E-state index in [1.165, 1.54) is 0 Å². The van der Waals surface area contributed by atoms with Gasteiger partial charge in [-0.2, -0.15) is 10.3 Å². The molecule has 0 N–H and O–H groups in total. The summed E-state index contributed by atoms with van der Waals surface area (Å²) in [5.74, 6) is 1.13. The molecule has 4 rings (SSSR count). The molecule has 2 aromatic carbocycles. The number of methoxy groups -OCH3 is 1. The first-order valence-electron chi connectivity index (χ1n) is 10.6. The Morgan fingerprint density at radius 1 is 1.16 bits per heavy atom. The molecule has 1 fully saturated rings. The number of thioether (sulfide) groups is 1. The molecule has 2 aromatic rings. The van der Waals surface area contributed by atoms with Crippen molar-refractivity contribution in [2.75, 3.05) is 40.3 Å². The topological polar surface area (TPSA) is 78.2 Å². The van der Waals surface area contributed by atoms with Crippen LogP contribution in [-0.2, 0) is 17.8 Å². The summed E-state index contributed by atoms with van der Waals surface area (Å²) in [6, 6.07) is 15.3. The van der Waals surface area contributed by atoms with Gasteiger partial charge in [0.1, 0.15) is 6.61 Å². The van der Waals surface area contributed by atoms with Crippen molar-refractivity contribution in [3.05, 3.63) is 59.2 Å². The third-order valence-corrected chi connectivity index (χ3v) is 6.89. The van der Waals surface area contributed by atoms with Gasteiger partial charge in [0, 0.05) is 31.7 Å². The molecule has 0 bridgehead atoms. The number of piperazine rings is 1. The van der Waals surface area contributed by atoms with Gasteiger partial charge in [-0.05, 0) is 37.2 Å². The maximum Gasteiger partial charge on any atom is 0.262 e. The van der Waals surface area contributed by atoms with Crippen LogP contribution in [0.2, 0.25) is 0 Å². The number of amides is 1. The molecule has 8 heteroatoms. The summed E-state index contributed by atoms with van der Waals surface area (Å²) in [6.45, 7) is 4.04. The third kappa shape index (κ3) is 5.06. The summed E-state index contributed by atoms with van der Waals surface area (Å²) >= 11 is 1.56. The normalized spacial score (nSPS) is 18.9. The van der Waals surface area contributed by atoms with E-state index in [0.29, 0.717) is 23.5 Å². The van der Waals surface area contributed by atoms with Crippen molar-refractivity contribution in [1.82, 2.24) is 9.80 Å². The summed E-state index contributed by atoms with van der Waals surface area (Å²) in [6.07, 6.45) is 0.581. The van der Waals surface area contributed by atoms with Crippen LogP contribution in [0, 0.1) is 11.3 Å². The molecule has 0 radical (unpaired) electrons. The fraction of sp³-hybridized carbons (Fsp3) is 0.375. The van der Waals surface area contributed by atoms with Crippen LogP contribution in [0.4, 0.5) is 0 Å². The lowest BCUT2D eigenvalue weighted by Gasteiger charge is -2.33. The molecular formula is C24H26N4O3S. The van der Waals surface area contributed by atoms with Gasteiger partial charge in [0.05, 0.1) is 24.0 Å². The van der Waals surface area contributed by atoms with Gasteiger partial charge >= 0.3 is 0 Å². The number of ether oxygens (including phenoxy) is 2. The number of benzene rings is 2. The van der Waals surface area contributed by atoms with Gasteiger partial charge in [0.15, 0.2) is 16.7 Å². The number of carbonyl (C=O) groups is 1. The molecule has 0 aromatic heterocycles. The standard InChI is InChI=1S/C24H26N4O3S/c1-27-9-11-28(12-10-27)24-26-23(29)22(32-24)14-17-7-8-20(21(13-17)30-2)31-16-19-6-4-3-5-18(19)15-25/h3-8,13,22H,9-12,14,16H2,1-2H3. The highest BCUT2D eigenvalue weighted by molar-refractivity contribution is 8.15. The number of rotatable bonds is 6. The largest absolute Gasteiger partial charge is 0.493 e. The first kappa shape index (κ1) is 22.2.